The highest BCUT2D eigenvalue weighted by Gasteiger charge is 1.72. The Morgan fingerprint density at radius 3 is 1.56 bits per heavy atom. The number of hydrogen-bond donors (Lipinski definition) is 0. The lowest BCUT2D eigenvalue weighted by molar-refractivity contribution is -0.00100. The Bertz CT molecular complexity index is 137. The molecule has 0 spiro atoms. The first-order valence-electron chi connectivity index (χ1n) is 2.41. The van der Waals surface area contributed by atoms with Crippen molar-refractivity contribution in [2.24, 2.45) is 0 Å². The van der Waals surface area contributed by atoms with E-state index in [0.29, 0.717) is 0 Å². The molecule has 0 aliphatic heterocycles. The van der Waals surface area contributed by atoms with E-state index in [2.05, 4.69) is 19.1 Å². The van der Waals surface area contributed by atoms with Gasteiger partial charge in [-0.25, -0.2) is 0 Å². The van der Waals surface area contributed by atoms with Gasteiger partial charge in [0.25, 0.3) is 0 Å². The number of halogens is 2. The number of rotatable bonds is 0. The maximum atomic E-state index is 2.08. The van der Waals surface area contributed by atoms with Crippen molar-refractivity contribution in [3.05, 3.63) is 35.9 Å². The van der Waals surface area contributed by atoms with E-state index in [1.54, 1.807) is 0 Å². The Kier molecular flexibility index (Phi) is 8.34. The molecule has 0 heterocycles. The molecule has 0 aromatic heterocycles. The van der Waals surface area contributed by atoms with E-state index in [1.165, 1.54) is 5.56 Å². The van der Waals surface area contributed by atoms with Gasteiger partial charge in [0.15, 0.2) is 0 Å². The average molecular weight is 252 g/mol. The highest BCUT2D eigenvalue weighted by atomic mass is 79.9. The normalized spacial score (nSPS) is 6.78. The minimum atomic E-state index is 0. The summed E-state index contributed by atoms with van der Waals surface area (Å²) >= 11 is 0. The first-order valence-corrected chi connectivity index (χ1v) is 2.41. The van der Waals surface area contributed by atoms with Gasteiger partial charge in [-0.15, -0.1) is 0 Å². The van der Waals surface area contributed by atoms with Crippen LogP contribution in [0.25, 0.3) is 0 Å². The van der Waals surface area contributed by atoms with Crippen LogP contribution in [0.3, 0.4) is 0 Å². The van der Waals surface area contributed by atoms with Crippen molar-refractivity contribution in [1.82, 2.24) is 0 Å². The molecule has 0 saturated carbocycles. The quantitative estimate of drug-likeness (QED) is 0.441. The highest BCUT2D eigenvalue weighted by molar-refractivity contribution is 5.11. The predicted molar refractivity (Wildman–Crippen MR) is 31.2 cm³/mol. The van der Waals surface area contributed by atoms with Gasteiger partial charge in [-0.2, -0.15) is 0 Å². The molecule has 0 aliphatic rings. The fourth-order valence-corrected chi connectivity index (χ4v) is 0.534. The molecule has 1 rings (SSSR count). The zero-order chi connectivity index (χ0) is 5.11. The second-order valence-corrected chi connectivity index (χ2v) is 1.65. The summed E-state index contributed by atoms with van der Waals surface area (Å²) in [5, 5.41) is 0. The topological polar surface area (TPSA) is 0 Å². The molecule has 1 aromatic carbocycles. The lowest BCUT2D eigenvalue weighted by Gasteiger charge is -1.82. The summed E-state index contributed by atoms with van der Waals surface area (Å²) in [7, 11) is 0. The van der Waals surface area contributed by atoms with E-state index in [9.17, 15) is 0 Å². The van der Waals surface area contributed by atoms with Crippen LogP contribution in [0.1, 0.15) is 5.56 Å². The molecule has 0 amide bonds. The third kappa shape index (κ3) is 4.67. The van der Waals surface area contributed by atoms with Crippen molar-refractivity contribution in [2.45, 2.75) is 6.92 Å². The van der Waals surface area contributed by atoms with Crippen molar-refractivity contribution >= 4 is 0 Å². The van der Waals surface area contributed by atoms with Crippen LogP contribution in [0.4, 0.5) is 0 Å². The van der Waals surface area contributed by atoms with Gasteiger partial charge in [0, 0.05) is 0 Å². The Morgan fingerprint density at radius 1 is 0.889 bits per heavy atom. The highest BCUT2D eigenvalue weighted by Crippen LogP contribution is 1.92. The van der Waals surface area contributed by atoms with E-state index in [0.717, 1.165) is 0 Å². The predicted octanol–water partition coefficient (Wildman–Crippen LogP) is -4.00. The minimum Gasteiger partial charge on any atom is -1.00 e. The smallest absolute Gasteiger partial charge is 0.0398 e. The van der Waals surface area contributed by atoms with E-state index >= 15 is 0 Å². The van der Waals surface area contributed by atoms with Crippen molar-refractivity contribution in [3.63, 3.8) is 0 Å². The number of benzene rings is 1. The third-order valence-electron chi connectivity index (χ3n) is 0.940. The molecule has 1 aromatic rings. The summed E-state index contributed by atoms with van der Waals surface area (Å²) in [5.74, 6) is 0. The second-order valence-electron chi connectivity index (χ2n) is 1.65. The zero-order valence-electron chi connectivity index (χ0n) is 5.14. The molecular weight excluding hydrogens is 244 g/mol. The van der Waals surface area contributed by atoms with Gasteiger partial charge in [0.1, 0.15) is 0 Å². The molecule has 0 nitrogen and oxygen atoms in total. The van der Waals surface area contributed by atoms with Gasteiger partial charge in [0.05, 0.1) is 0 Å². The fourth-order valence-electron chi connectivity index (χ4n) is 0.534. The van der Waals surface area contributed by atoms with Gasteiger partial charge >= 0.3 is 0 Å². The zero-order valence-corrected chi connectivity index (χ0v) is 8.31. The minimum absolute atomic E-state index is 0. The lowest BCUT2D eigenvalue weighted by Crippen LogP contribution is -3.00. The first kappa shape index (κ1) is 11.9. The number of hydrogen-bond acceptors (Lipinski definition) is 0. The maximum Gasteiger partial charge on any atom is -0.0398 e. The van der Waals surface area contributed by atoms with Gasteiger partial charge in [-0.05, 0) is 6.92 Å². The standard InChI is InChI=1S/C7H8.2BrH/c1-7-5-3-2-4-6-7;;/h2-6H,1H3;2*1H/p-2. The van der Waals surface area contributed by atoms with Gasteiger partial charge in [0.2, 0.25) is 0 Å². The van der Waals surface area contributed by atoms with Crippen LogP contribution in [0.2, 0.25) is 0 Å². The average Bonchev–Trinajstić information content (AvgIpc) is 1.69. The molecule has 0 saturated heterocycles. The summed E-state index contributed by atoms with van der Waals surface area (Å²) in [6.45, 7) is 2.08. The Balaban J connectivity index is 0. The van der Waals surface area contributed by atoms with E-state index in [4.69, 9.17) is 0 Å². The summed E-state index contributed by atoms with van der Waals surface area (Å²) in [6, 6.07) is 10.3. The van der Waals surface area contributed by atoms with Crippen LogP contribution < -0.4 is 34.0 Å². The SMILES string of the molecule is Cc1ccccc1.[Br-].[Br-]. The van der Waals surface area contributed by atoms with Crippen molar-refractivity contribution in [1.29, 1.82) is 0 Å². The monoisotopic (exact) mass is 250 g/mol. The lowest BCUT2D eigenvalue weighted by atomic mass is 10.2. The molecule has 0 fully saturated rings. The molecule has 0 bridgehead atoms. The van der Waals surface area contributed by atoms with Gasteiger partial charge in [-0.1, -0.05) is 35.9 Å². The largest absolute Gasteiger partial charge is 1.00 e. The summed E-state index contributed by atoms with van der Waals surface area (Å²) < 4.78 is 0. The van der Waals surface area contributed by atoms with Crippen molar-refractivity contribution < 1.29 is 34.0 Å². The van der Waals surface area contributed by atoms with E-state index in [1.807, 2.05) is 18.2 Å². The molecule has 0 aliphatic carbocycles. The molecule has 9 heavy (non-hydrogen) atoms. The van der Waals surface area contributed by atoms with Crippen LogP contribution in [0.5, 0.6) is 0 Å². The molecule has 0 radical (unpaired) electrons. The molecule has 0 unspecified atom stereocenters. The van der Waals surface area contributed by atoms with E-state index in [-0.39, 0.29) is 34.0 Å². The molecule has 2 heteroatoms. The summed E-state index contributed by atoms with van der Waals surface area (Å²) in [5.41, 5.74) is 1.32. The Hall–Kier alpha value is 0.180. The van der Waals surface area contributed by atoms with Crippen LogP contribution in [-0.4, -0.2) is 0 Å². The molecular formula is C7H8Br2-2. The first-order chi connectivity index (χ1) is 3.39. The van der Waals surface area contributed by atoms with Crippen LogP contribution in [0.15, 0.2) is 30.3 Å². The van der Waals surface area contributed by atoms with Gasteiger partial charge in [-0.3, -0.25) is 0 Å². The van der Waals surface area contributed by atoms with Crippen LogP contribution >= 0.6 is 0 Å². The third-order valence-corrected chi connectivity index (χ3v) is 0.940. The van der Waals surface area contributed by atoms with Gasteiger partial charge < -0.3 is 34.0 Å². The molecule has 0 atom stereocenters. The van der Waals surface area contributed by atoms with Crippen molar-refractivity contribution in [2.75, 3.05) is 0 Å². The maximum absolute atomic E-state index is 2.08. The van der Waals surface area contributed by atoms with E-state index < -0.39 is 0 Å². The van der Waals surface area contributed by atoms with Crippen LogP contribution in [-0.2, 0) is 0 Å². The van der Waals surface area contributed by atoms with Crippen molar-refractivity contribution in [3.8, 4) is 0 Å². The summed E-state index contributed by atoms with van der Waals surface area (Å²) in [6.07, 6.45) is 0. The molecule has 0 N–H and O–H groups in total. The second kappa shape index (κ2) is 6.30. The summed E-state index contributed by atoms with van der Waals surface area (Å²) in [4.78, 5) is 0. The Labute approximate surface area is 76.8 Å². The van der Waals surface area contributed by atoms with Crippen LogP contribution in [0, 0.1) is 6.92 Å². The Morgan fingerprint density at radius 2 is 1.33 bits per heavy atom. The molecule has 52 valence electrons. The fraction of sp³-hybridized carbons (Fsp3) is 0.143. The number of aryl methyl sites for hydroxylation is 1.